The number of likely N-dealkylation sites (N-methyl/N-ethyl adjacent to an activating group) is 1. The fraction of sp³-hybridized carbons (Fsp3) is 0.500. The fourth-order valence-electron chi connectivity index (χ4n) is 2.94. The first kappa shape index (κ1) is 22.6. The van der Waals surface area contributed by atoms with Crippen LogP contribution in [0.3, 0.4) is 0 Å². The van der Waals surface area contributed by atoms with Crippen molar-refractivity contribution >= 4 is 33.2 Å². The van der Waals surface area contributed by atoms with E-state index in [1.165, 1.54) is 16.4 Å². The highest BCUT2D eigenvalue weighted by Gasteiger charge is 2.28. The monoisotopic (exact) mass is 457 g/mol. The molecule has 2 aromatic rings. The van der Waals surface area contributed by atoms with Gasteiger partial charge in [0.25, 0.3) is 0 Å². The molecule has 0 saturated carbocycles. The molecule has 1 aliphatic heterocycles. The SMILES string of the molecule is CCc1noc(CN(C)CC(=O)Nc2ccc(Cl)c(S(=O)(=O)N3CCOCC3)c2)n1. The summed E-state index contributed by atoms with van der Waals surface area (Å²) >= 11 is 6.14. The molecule has 1 N–H and O–H groups in total. The second-order valence-corrected chi connectivity index (χ2v) is 9.15. The predicted octanol–water partition coefficient (Wildman–Crippen LogP) is 1.38. The van der Waals surface area contributed by atoms with Gasteiger partial charge < -0.3 is 14.6 Å². The highest BCUT2D eigenvalue weighted by molar-refractivity contribution is 7.89. The summed E-state index contributed by atoms with van der Waals surface area (Å²) in [6, 6.07) is 4.39. The molecule has 30 heavy (non-hydrogen) atoms. The first-order valence-electron chi connectivity index (χ1n) is 9.47. The molecule has 1 aliphatic rings. The molecule has 1 aromatic heterocycles. The zero-order valence-corrected chi connectivity index (χ0v) is 18.4. The third-order valence-electron chi connectivity index (χ3n) is 4.45. The van der Waals surface area contributed by atoms with Crippen LogP contribution in [0.4, 0.5) is 5.69 Å². The molecule has 1 aromatic carbocycles. The Morgan fingerprint density at radius 1 is 1.33 bits per heavy atom. The van der Waals surface area contributed by atoms with Gasteiger partial charge in [-0.2, -0.15) is 9.29 Å². The molecule has 1 fully saturated rings. The van der Waals surface area contributed by atoms with Crippen molar-refractivity contribution in [2.24, 2.45) is 0 Å². The standard InChI is InChI=1S/C18H24ClN5O5S/c1-3-16-21-18(29-22-16)12-23(2)11-17(25)20-13-4-5-14(19)15(10-13)30(26,27)24-6-8-28-9-7-24/h4-5,10H,3,6-9,11-12H2,1-2H3,(H,20,25). The number of anilines is 1. The first-order valence-corrected chi connectivity index (χ1v) is 11.3. The second kappa shape index (κ2) is 9.84. The maximum absolute atomic E-state index is 12.9. The van der Waals surface area contributed by atoms with Crippen molar-refractivity contribution in [1.29, 1.82) is 0 Å². The van der Waals surface area contributed by atoms with Crippen molar-refractivity contribution in [2.75, 3.05) is 45.2 Å². The number of morpholine rings is 1. The number of carbonyl (C=O) groups excluding carboxylic acids is 1. The normalized spacial score (nSPS) is 15.5. The molecule has 0 atom stereocenters. The molecular formula is C18H24ClN5O5S. The topological polar surface area (TPSA) is 118 Å². The summed E-state index contributed by atoms with van der Waals surface area (Å²) < 4.78 is 37.4. The summed E-state index contributed by atoms with van der Waals surface area (Å²) in [6.45, 7) is 3.48. The van der Waals surface area contributed by atoms with E-state index in [1.807, 2.05) is 6.92 Å². The van der Waals surface area contributed by atoms with Crippen LogP contribution in [0, 0.1) is 0 Å². The molecule has 10 nitrogen and oxygen atoms in total. The largest absolute Gasteiger partial charge is 0.379 e. The number of hydrogen-bond acceptors (Lipinski definition) is 8. The maximum Gasteiger partial charge on any atom is 0.244 e. The van der Waals surface area contributed by atoms with Crippen LogP contribution in [0.15, 0.2) is 27.6 Å². The van der Waals surface area contributed by atoms with Crippen LogP contribution in [0.2, 0.25) is 5.02 Å². The van der Waals surface area contributed by atoms with Gasteiger partial charge in [-0.25, -0.2) is 8.42 Å². The lowest BCUT2D eigenvalue weighted by Gasteiger charge is -2.26. The van der Waals surface area contributed by atoms with E-state index in [0.29, 0.717) is 43.6 Å². The smallest absolute Gasteiger partial charge is 0.244 e. The van der Waals surface area contributed by atoms with E-state index in [2.05, 4.69) is 15.5 Å². The third-order valence-corrected chi connectivity index (χ3v) is 6.83. The van der Waals surface area contributed by atoms with Gasteiger partial charge in [-0.3, -0.25) is 9.69 Å². The number of ether oxygens (including phenoxy) is 1. The molecule has 0 aliphatic carbocycles. The van der Waals surface area contributed by atoms with Gasteiger partial charge in [0.2, 0.25) is 21.8 Å². The second-order valence-electron chi connectivity index (χ2n) is 6.84. The molecule has 1 amide bonds. The summed E-state index contributed by atoms with van der Waals surface area (Å²) in [4.78, 5) is 18.3. The number of amides is 1. The number of halogens is 1. The molecule has 0 unspecified atom stereocenters. The number of carbonyl (C=O) groups is 1. The average molecular weight is 458 g/mol. The van der Waals surface area contributed by atoms with Gasteiger partial charge in [0, 0.05) is 25.2 Å². The van der Waals surface area contributed by atoms with Crippen LogP contribution in [0.5, 0.6) is 0 Å². The maximum atomic E-state index is 12.9. The van der Waals surface area contributed by atoms with Crippen molar-refractivity contribution in [3.63, 3.8) is 0 Å². The Labute approximate surface area is 180 Å². The Morgan fingerprint density at radius 2 is 2.07 bits per heavy atom. The van der Waals surface area contributed by atoms with Gasteiger partial charge in [0.15, 0.2) is 5.82 Å². The number of sulfonamides is 1. The van der Waals surface area contributed by atoms with Crippen molar-refractivity contribution in [1.82, 2.24) is 19.3 Å². The van der Waals surface area contributed by atoms with Crippen LogP contribution in [0.25, 0.3) is 0 Å². The van der Waals surface area contributed by atoms with E-state index >= 15 is 0 Å². The lowest BCUT2D eigenvalue weighted by molar-refractivity contribution is -0.117. The van der Waals surface area contributed by atoms with Crippen molar-refractivity contribution in [2.45, 2.75) is 24.8 Å². The van der Waals surface area contributed by atoms with Gasteiger partial charge in [0.05, 0.1) is 31.3 Å². The predicted molar refractivity (Wildman–Crippen MR) is 110 cm³/mol. The van der Waals surface area contributed by atoms with E-state index in [9.17, 15) is 13.2 Å². The number of hydrogen-bond donors (Lipinski definition) is 1. The Kier molecular flexibility index (Phi) is 7.42. The highest BCUT2D eigenvalue weighted by atomic mass is 35.5. The lowest BCUT2D eigenvalue weighted by atomic mass is 10.3. The molecular weight excluding hydrogens is 434 g/mol. The molecule has 0 radical (unpaired) electrons. The number of aryl methyl sites for hydroxylation is 1. The van der Waals surface area contributed by atoms with Crippen LogP contribution in [-0.4, -0.2) is 73.6 Å². The van der Waals surface area contributed by atoms with Crippen molar-refractivity contribution in [3.05, 3.63) is 34.9 Å². The number of nitrogens with one attached hydrogen (secondary N) is 1. The Hall–Kier alpha value is -2.05. The minimum Gasteiger partial charge on any atom is -0.379 e. The third kappa shape index (κ3) is 5.55. The molecule has 3 rings (SSSR count). The molecule has 12 heteroatoms. The molecule has 164 valence electrons. The van der Waals surface area contributed by atoms with E-state index in [4.69, 9.17) is 20.9 Å². The highest BCUT2D eigenvalue weighted by Crippen LogP contribution is 2.28. The molecule has 1 saturated heterocycles. The quantitative estimate of drug-likeness (QED) is 0.631. The van der Waals surface area contributed by atoms with E-state index < -0.39 is 10.0 Å². The lowest BCUT2D eigenvalue weighted by Crippen LogP contribution is -2.40. The van der Waals surface area contributed by atoms with Gasteiger partial charge in [-0.15, -0.1) is 0 Å². The number of nitrogens with zero attached hydrogens (tertiary/aromatic N) is 4. The average Bonchev–Trinajstić information content (AvgIpc) is 3.17. The fourth-order valence-corrected chi connectivity index (χ4v) is 4.84. The summed E-state index contributed by atoms with van der Waals surface area (Å²) in [5.74, 6) is 0.718. The Balaban J connectivity index is 1.64. The number of benzene rings is 1. The van der Waals surface area contributed by atoms with E-state index in [1.54, 1.807) is 18.0 Å². The van der Waals surface area contributed by atoms with Crippen LogP contribution in [0.1, 0.15) is 18.6 Å². The van der Waals surface area contributed by atoms with Crippen molar-refractivity contribution < 1.29 is 22.5 Å². The Morgan fingerprint density at radius 3 is 2.73 bits per heavy atom. The summed E-state index contributed by atoms with van der Waals surface area (Å²) in [7, 11) is -2.04. The minimum atomic E-state index is -3.78. The Bertz CT molecular complexity index is 991. The first-order chi connectivity index (χ1) is 14.3. The van der Waals surface area contributed by atoms with Gasteiger partial charge in [0.1, 0.15) is 4.90 Å². The molecule has 2 heterocycles. The minimum absolute atomic E-state index is 0.0461. The zero-order chi connectivity index (χ0) is 21.7. The summed E-state index contributed by atoms with van der Waals surface area (Å²) in [5.41, 5.74) is 0.343. The van der Waals surface area contributed by atoms with Gasteiger partial charge in [-0.1, -0.05) is 23.7 Å². The number of aromatic nitrogens is 2. The van der Waals surface area contributed by atoms with Crippen LogP contribution < -0.4 is 5.32 Å². The van der Waals surface area contributed by atoms with Crippen molar-refractivity contribution in [3.8, 4) is 0 Å². The van der Waals surface area contributed by atoms with Crippen LogP contribution in [-0.2, 0) is 32.5 Å². The number of rotatable bonds is 8. The summed E-state index contributed by atoms with van der Waals surface area (Å²) in [5, 5.41) is 6.62. The van der Waals surface area contributed by atoms with Gasteiger partial charge in [-0.05, 0) is 25.2 Å². The van der Waals surface area contributed by atoms with Crippen LogP contribution >= 0.6 is 11.6 Å². The molecule has 0 spiro atoms. The van der Waals surface area contributed by atoms with E-state index in [-0.39, 0.29) is 35.5 Å². The summed E-state index contributed by atoms with van der Waals surface area (Å²) in [6.07, 6.45) is 0.667. The van der Waals surface area contributed by atoms with E-state index in [0.717, 1.165) is 0 Å². The van der Waals surface area contributed by atoms with Gasteiger partial charge >= 0.3 is 0 Å². The molecule has 0 bridgehead atoms. The zero-order valence-electron chi connectivity index (χ0n) is 16.8.